The van der Waals surface area contributed by atoms with Crippen molar-refractivity contribution in [2.24, 2.45) is 0 Å². The maximum Gasteiger partial charge on any atom is 0.245 e. The van der Waals surface area contributed by atoms with Crippen molar-refractivity contribution in [3.63, 3.8) is 0 Å². The number of halogens is 1. The van der Waals surface area contributed by atoms with E-state index in [-0.39, 0.29) is 5.88 Å². The normalized spacial score (nSPS) is 10.9. The zero-order chi connectivity index (χ0) is 14.1. The fraction of sp³-hybridized carbons (Fsp3) is 0.214. The highest BCUT2D eigenvalue weighted by Crippen LogP contribution is 2.27. The van der Waals surface area contributed by atoms with E-state index in [0.717, 1.165) is 17.1 Å². The number of benzene rings is 1. The quantitative estimate of drug-likeness (QED) is 0.696. The van der Waals surface area contributed by atoms with Crippen molar-refractivity contribution in [3.8, 4) is 11.6 Å². The molecule has 0 aliphatic carbocycles. The first-order valence-corrected chi connectivity index (χ1v) is 6.68. The van der Waals surface area contributed by atoms with Crippen LogP contribution in [0.5, 0.6) is 5.88 Å². The number of hydrogen-bond donors (Lipinski definition) is 0. The molecule has 0 amide bonds. The third kappa shape index (κ3) is 1.91. The predicted molar refractivity (Wildman–Crippen MR) is 77.5 cm³/mol. The summed E-state index contributed by atoms with van der Waals surface area (Å²) in [5.41, 5.74) is 3.44. The molecule has 3 aromatic rings. The van der Waals surface area contributed by atoms with Gasteiger partial charge in [-0.05, 0) is 18.6 Å². The largest absolute Gasteiger partial charge is 0.479 e. The number of rotatable bonds is 3. The molecule has 0 unspecified atom stereocenters. The standard InChI is InChI=1S/C14H13ClN4O/c1-9-5-3-4-6-10(9)19-11(7-15)18-12-13(19)16-8-17-14(12)20-2/h3-6,8H,7H2,1-2H3. The van der Waals surface area contributed by atoms with Gasteiger partial charge in [-0.15, -0.1) is 11.6 Å². The second kappa shape index (κ2) is 5.09. The van der Waals surface area contributed by atoms with Crippen LogP contribution in [-0.4, -0.2) is 26.6 Å². The molecule has 0 bridgehead atoms. The van der Waals surface area contributed by atoms with Gasteiger partial charge in [0, 0.05) is 0 Å². The van der Waals surface area contributed by atoms with Gasteiger partial charge in [-0.2, -0.15) is 4.98 Å². The second-order valence-corrected chi connectivity index (χ2v) is 4.61. The first-order valence-electron chi connectivity index (χ1n) is 6.14. The third-order valence-electron chi connectivity index (χ3n) is 3.15. The van der Waals surface area contributed by atoms with Crippen LogP contribution in [0.2, 0.25) is 0 Å². The van der Waals surface area contributed by atoms with Crippen molar-refractivity contribution in [1.29, 1.82) is 0 Å². The molecule has 102 valence electrons. The number of imidazole rings is 1. The molecule has 2 heterocycles. The highest BCUT2D eigenvalue weighted by molar-refractivity contribution is 6.17. The summed E-state index contributed by atoms with van der Waals surface area (Å²) in [6.45, 7) is 2.04. The van der Waals surface area contributed by atoms with E-state index in [2.05, 4.69) is 15.0 Å². The van der Waals surface area contributed by atoms with Crippen LogP contribution in [0.25, 0.3) is 16.9 Å². The molecule has 0 N–H and O–H groups in total. The van der Waals surface area contributed by atoms with Gasteiger partial charge in [0.25, 0.3) is 0 Å². The lowest BCUT2D eigenvalue weighted by Gasteiger charge is -2.09. The van der Waals surface area contributed by atoms with Crippen molar-refractivity contribution < 1.29 is 4.74 Å². The van der Waals surface area contributed by atoms with E-state index in [1.165, 1.54) is 6.33 Å². The molecule has 0 atom stereocenters. The molecule has 1 aromatic carbocycles. The van der Waals surface area contributed by atoms with Crippen LogP contribution in [0.3, 0.4) is 0 Å². The van der Waals surface area contributed by atoms with Gasteiger partial charge in [0.1, 0.15) is 12.2 Å². The zero-order valence-electron chi connectivity index (χ0n) is 11.2. The lowest BCUT2D eigenvalue weighted by atomic mass is 10.2. The van der Waals surface area contributed by atoms with Crippen LogP contribution < -0.4 is 4.74 Å². The predicted octanol–water partition coefficient (Wildman–Crippen LogP) is 2.87. The van der Waals surface area contributed by atoms with Crippen LogP contribution >= 0.6 is 11.6 Å². The van der Waals surface area contributed by atoms with Gasteiger partial charge < -0.3 is 4.74 Å². The van der Waals surface area contributed by atoms with Crippen molar-refractivity contribution in [2.45, 2.75) is 12.8 Å². The number of aryl methyl sites for hydroxylation is 1. The minimum Gasteiger partial charge on any atom is -0.479 e. The minimum absolute atomic E-state index is 0.286. The summed E-state index contributed by atoms with van der Waals surface area (Å²) < 4.78 is 7.18. The van der Waals surface area contributed by atoms with Gasteiger partial charge in [0.2, 0.25) is 5.88 Å². The molecular weight excluding hydrogens is 276 g/mol. The lowest BCUT2D eigenvalue weighted by molar-refractivity contribution is 0.401. The van der Waals surface area contributed by atoms with Crippen LogP contribution in [0.15, 0.2) is 30.6 Å². The molecular formula is C14H13ClN4O. The van der Waals surface area contributed by atoms with E-state index < -0.39 is 0 Å². The fourth-order valence-corrected chi connectivity index (χ4v) is 2.40. The van der Waals surface area contributed by atoms with E-state index in [4.69, 9.17) is 16.3 Å². The Bertz CT molecular complexity index is 769. The molecule has 5 nitrogen and oxygen atoms in total. The Hall–Kier alpha value is -2.14. The number of aromatic nitrogens is 4. The number of hydrogen-bond acceptors (Lipinski definition) is 4. The van der Waals surface area contributed by atoms with Crippen LogP contribution in [0.4, 0.5) is 0 Å². The van der Waals surface area contributed by atoms with E-state index in [1.807, 2.05) is 35.8 Å². The van der Waals surface area contributed by atoms with Gasteiger partial charge in [-0.25, -0.2) is 9.97 Å². The number of fused-ring (bicyclic) bond motifs is 1. The Balaban J connectivity index is 2.37. The Labute approximate surface area is 121 Å². The van der Waals surface area contributed by atoms with Crippen LogP contribution in [0.1, 0.15) is 11.4 Å². The average Bonchev–Trinajstić information content (AvgIpc) is 2.86. The second-order valence-electron chi connectivity index (χ2n) is 4.34. The summed E-state index contributed by atoms with van der Waals surface area (Å²) in [7, 11) is 1.56. The highest BCUT2D eigenvalue weighted by atomic mass is 35.5. The third-order valence-corrected chi connectivity index (χ3v) is 3.39. The summed E-state index contributed by atoms with van der Waals surface area (Å²) in [6.07, 6.45) is 1.47. The molecule has 0 fully saturated rings. The highest BCUT2D eigenvalue weighted by Gasteiger charge is 2.17. The molecule has 6 heteroatoms. The maximum absolute atomic E-state index is 6.03. The summed E-state index contributed by atoms with van der Waals surface area (Å²) in [6, 6.07) is 8.02. The van der Waals surface area contributed by atoms with Crippen molar-refractivity contribution in [1.82, 2.24) is 19.5 Å². The molecule has 3 rings (SSSR count). The van der Waals surface area contributed by atoms with E-state index in [0.29, 0.717) is 17.0 Å². The van der Waals surface area contributed by atoms with E-state index in [1.54, 1.807) is 7.11 Å². The molecule has 2 aromatic heterocycles. The number of nitrogens with zero attached hydrogens (tertiary/aromatic N) is 4. The maximum atomic E-state index is 6.03. The summed E-state index contributed by atoms with van der Waals surface area (Å²) in [5, 5.41) is 0. The monoisotopic (exact) mass is 288 g/mol. The fourth-order valence-electron chi connectivity index (χ4n) is 2.22. The van der Waals surface area contributed by atoms with Gasteiger partial charge in [-0.1, -0.05) is 18.2 Å². The lowest BCUT2D eigenvalue weighted by Crippen LogP contribution is -2.02. The number of para-hydroxylation sites is 1. The smallest absolute Gasteiger partial charge is 0.245 e. The Morgan fingerprint density at radius 1 is 1.25 bits per heavy atom. The summed E-state index contributed by atoms with van der Waals surface area (Å²) in [5.74, 6) is 1.46. The molecule has 0 spiro atoms. The Morgan fingerprint density at radius 2 is 2.05 bits per heavy atom. The van der Waals surface area contributed by atoms with Crippen molar-refractivity contribution >= 4 is 22.8 Å². The molecule has 20 heavy (non-hydrogen) atoms. The Kier molecular flexibility index (Phi) is 3.28. The molecule has 0 aliphatic rings. The van der Waals surface area contributed by atoms with Crippen LogP contribution in [-0.2, 0) is 5.88 Å². The SMILES string of the molecule is COc1ncnc2c1nc(CCl)n2-c1ccccc1C. The van der Waals surface area contributed by atoms with E-state index >= 15 is 0 Å². The topological polar surface area (TPSA) is 52.8 Å². The van der Waals surface area contributed by atoms with Crippen LogP contribution in [0, 0.1) is 6.92 Å². The van der Waals surface area contributed by atoms with E-state index in [9.17, 15) is 0 Å². The van der Waals surface area contributed by atoms with Gasteiger partial charge >= 0.3 is 0 Å². The first kappa shape index (κ1) is 12.9. The summed E-state index contributed by atoms with van der Waals surface area (Å²) in [4.78, 5) is 12.9. The molecule has 0 saturated carbocycles. The summed E-state index contributed by atoms with van der Waals surface area (Å²) >= 11 is 6.03. The molecule has 0 saturated heterocycles. The van der Waals surface area contributed by atoms with Crippen molar-refractivity contribution in [2.75, 3.05) is 7.11 Å². The number of methoxy groups -OCH3 is 1. The Morgan fingerprint density at radius 3 is 2.75 bits per heavy atom. The van der Waals surface area contributed by atoms with Gasteiger partial charge in [0.05, 0.1) is 18.7 Å². The average molecular weight is 289 g/mol. The van der Waals surface area contributed by atoms with Crippen molar-refractivity contribution in [3.05, 3.63) is 42.0 Å². The zero-order valence-corrected chi connectivity index (χ0v) is 11.9. The molecule has 0 aliphatic heterocycles. The minimum atomic E-state index is 0.286. The first-order chi connectivity index (χ1) is 9.76. The molecule has 0 radical (unpaired) electrons. The number of ether oxygens (including phenoxy) is 1. The van der Waals surface area contributed by atoms with Gasteiger partial charge in [0.15, 0.2) is 11.2 Å². The number of alkyl halides is 1. The van der Waals surface area contributed by atoms with Gasteiger partial charge in [-0.3, -0.25) is 4.57 Å².